The molecule has 0 aliphatic rings. The first kappa shape index (κ1) is 10.7. The van der Waals surface area contributed by atoms with Crippen LogP contribution >= 0.6 is 59.1 Å². The molecule has 2 N–H and O–H groups in total. The molecule has 74 valence electrons. The zero-order valence-corrected chi connectivity index (χ0v) is 12.1. The van der Waals surface area contributed by atoms with Gasteiger partial charge in [0.05, 0.1) is 7.57 Å². The Morgan fingerprint density at radius 3 is 2.50 bits per heavy atom. The van der Waals surface area contributed by atoms with Crippen molar-refractivity contribution in [2.45, 2.75) is 0 Å². The third kappa shape index (κ3) is 1.78. The Bertz CT molecular complexity index is 479. The summed E-state index contributed by atoms with van der Waals surface area (Å²) in [7, 11) is 0. The predicted octanol–water partition coefficient (Wildman–Crippen LogP) is 4.27. The fraction of sp³-hybridized carbons (Fsp3) is 0. The molecule has 0 saturated carbocycles. The molecule has 0 bridgehead atoms. The van der Waals surface area contributed by atoms with Gasteiger partial charge in [-0.05, 0) is 53.9 Å². The van der Waals surface area contributed by atoms with E-state index < -0.39 is 0 Å². The maximum Gasteiger partial charge on any atom is 0.185 e. The van der Waals surface area contributed by atoms with Crippen molar-refractivity contribution in [3.63, 3.8) is 0 Å². The molecule has 0 fully saturated rings. The van der Waals surface area contributed by atoms with Gasteiger partial charge in [0.1, 0.15) is 4.47 Å². The largest absolute Gasteiger partial charge is 0.380 e. The molecule has 7 heteroatoms. The molecule has 0 spiro atoms. The van der Waals surface area contributed by atoms with Crippen LogP contribution in [0.3, 0.4) is 0 Å². The van der Waals surface area contributed by atoms with Gasteiger partial charge in [-0.1, -0.05) is 5.16 Å². The van der Waals surface area contributed by atoms with E-state index in [4.69, 9.17) is 10.3 Å². The van der Waals surface area contributed by atoms with E-state index in [1.54, 1.807) is 11.3 Å². The molecule has 0 unspecified atom stereocenters. The smallest absolute Gasteiger partial charge is 0.185 e. The minimum atomic E-state index is 0.356. The number of aromatic nitrogens is 1. The summed E-state index contributed by atoms with van der Waals surface area (Å²) in [5.74, 6) is 0.991. The number of anilines is 1. The fourth-order valence-electron chi connectivity index (χ4n) is 0.954. The van der Waals surface area contributed by atoms with Crippen molar-refractivity contribution in [1.29, 1.82) is 0 Å². The molecule has 0 aromatic carbocycles. The van der Waals surface area contributed by atoms with Gasteiger partial charge in [0.25, 0.3) is 0 Å². The van der Waals surface area contributed by atoms with Crippen molar-refractivity contribution in [2.75, 3.05) is 5.73 Å². The lowest BCUT2D eigenvalue weighted by molar-refractivity contribution is 0.435. The topological polar surface area (TPSA) is 52.0 Å². The highest BCUT2D eigenvalue weighted by atomic mass is 79.9. The Hall–Kier alpha value is 0.150. The summed E-state index contributed by atoms with van der Waals surface area (Å²) in [5.41, 5.74) is 6.49. The van der Waals surface area contributed by atoms with Crippen molar-refractivity contribution < 1.29 is 4.52 Å². The van der Waals surface area contributed by atoms with Gasteiger partial charge < -0.3 is 10.3 Å². The average Bonchev–Trinajstić information content (AvgIpc) is 2.59. The molecule has 0 radical (unpaired) electrons. The second-order valence-electron chi connectivity index (χ2n) is 2.45. The standard InChI is InChI=1S/C7H3Br3N2OS/c8-3-1-2(6(10)14-3)5-4(9)7(11)12-13-5/h1H,(H2,11,12). The highest BCUT2D eigenvalue weighted by Crippen LogP contribution is 2.42. The van der Waals surface area contributed by atoms with Crippen LogP contribution in [0.15, 0.2) is 22.6 Å². The maximum atomic E-state index is 5.56. The normalized spacial score (nSPS) is 10.8. The highest BCUT2D eigenvalue weighted by Gasteiger charge is 2.17. The lowest BCUT2D eigenvalue weighted by atomic mass is 10.3. The number of nitrogens with two attached hydrogens (primary N) is 1. The molecular weight excluding hydrogens is 400 g/mol. The first-order valence-electron chi connectivity index (χ1n) is 3.45. The summed E-state index contributed by atoms with van der Waals surface area (Å²) in [4.78, 5) is 0. The number of nitrogens with zero attached hydrogens (tertiary/aromatic N) is 1. The third-order valence-electron chi connectivity index (χ3n) is 1.56. The number of halogens is 3. The van der Waals surface area contributed by atoms with E-state index in [0.29, 0.717) is 16.1 Å². The molecule has 0 aliphatic carbocycles. The monoisotopic (exact) mass is 400 g/mol. The first-order valence-corrected chi connectivity index (χ1v) is 6.65. The zero-order chi connectivity index (χ0) is 10.3. The third-order valence-corrected chi connectivity index (χ3v) is 4.67. The summed E-state index contributed by atoms with van der Waals surface area (Å²) in [6.07, 6.45) is 0. The quantitative estimate of drug-likeness (QED) is 0.774. The lowest BCUT2D eigenvalue weighted by Gasteiger charge is -1.91. The molecule has 0 atom stereocenters. The minimum absolute atomic E-state index is 0.356. The van der Waals surface area contributed by atoms with Crippen molar-refractivity contribution in [1.82, 2.24) is 5.16 Å². The summed E-state index contributed by atoms with van der Waals surface area (Å²) in [5, 5.41) is 3.67. The van der Waals surface area contributed by atoms with Crippen molar-refractivity contribution >= 4 is 64.9 Å². The predicted molar refractivity (Wildman–Crippen MR) is 67.3 cm³/mol. The Labute approximate surface area is 109 Å². The Balaban J connectivity index is 2.59. The molecule has 2 aromatic heterocycles. The number of thiophene rings is 1. The van der Waals surface area contributed by atoms with Crippen LogP contribution in [0.4, 0.5) is 5.82 Å². The van der Waals surface area contributed by atoms with E-state index in [1.807, 2.05) is 6.07 Å². The molecule has 0 amide bonds. The summed E-state index contributed by atoms with van der Waals surface area (Å²) < 4.78 is 7.78. The van der Waals surface area contributed by atoms with Gasteiger partial charge in [-0.25, -0.2) is 0 Å². The van der Waals surface area contributed by atoms with Crippen LogP contribution in [0, 0.1) is 0 Å². The lowest BCUT2D eigenvalue weighted by Crippen LogP contribution is -1.83. The average molecular weight is 403 g/mol. The molecule has 2 heterocycles. The van der Waals surface area contributed by atoms with E-state index in [0.717, 1.165) is 13.1 Å². The number of rotatable bonds is 1. The summed E-state index contributed by atoms with van der Waals surface area (Å²) in [6, 6.07) is 1.94. The molecule has 3 nitrogen and oxygen atoms in total. The molecule has 14 heavy (non-hydrogen) atoms. The van der Waals surface area contributed by atoms with Gasteiger partial charge in [0, 0.05) is 5.56 Å². The van der Waals surface area contributed by atoms with Crippen molar-refractivity contribution in [3.05, 3.63) is 18.1 Å². The summed E-state index contributed by atoms with van der Waals surface area (Å²) in [6.45, 7) is 0. The Kier molecular flexibility index (Phi) is 3.01. The van der Waals surface area contributed by atoms with Crippen LogP contribution in [-0.4, -0.2) is 5.16 Å². The summed E-state index contributed by atoms with van der Waals surface area (Å²) >= 11 is 11.7. The Morgan fingerprint density at radius 2 is 2.07 bits per heavy atom. The van der Waals surface area contributed by atoms with Gasteiger partial charge >= 0.3 is 0 Å². The van der Waals surface area contributed by atoms with Crippen LogP contribution in [0.2, 0.25) is 0 Å². The SMILES string of the molecule is Nc1noc(-c2cc(Br)sc2Br)c1Br. The van der Waals surface area contributed by atoms with E-state index in [2.05, 4.69) is 52.9 Å². The molecule has 0 aliphatic heterocycles. The number of hydrogen-bond donors (Lipinski definition) is 1. The second kappa shape index (κ2) is 3.96. The van der Waals surface area contributed by atoms with E-state index in [-0.39, 0.29) is 0 Å². The molecule has 2 aromatic rings. The zero-order valence-electron chi connectivity index (χ0n) is 6.55. The fourth-order valence-corrected chi connectivity index (χ4v) is 4.11. The van der Waals surface area contributed by atoms with Gasteiger partial charge in [0.15, 0.2) is 11.6 Å². The molecule has 0 saturated heterocycles. The minimum Gasteiger partial charge on any atom is -0.380 e. The Morgan fingerprint density at radius 1 is 1.36 bits per heavy atom. The van der Waals surface area contributed by atoms with Gasteiger partial charge in [0.2, 0.25) is 0 Å². The van der Waals surface area contributed by atoms with Crippen molar-refractivity contribution in [3.8, 4) is 11.3 Å². The second-order valence-corrected chi connectivity index (χ2v) is 6.99. The first-order chi connectivity index (χ1) is 6.59. The molecule has 2 rings (SSSR count). The van der Waals surface area contributed by atoms with Gasteiger partial charge in [-0.15, -0.1) is 11.3 Å². The van der Waals surface area contributed by atoms with E-state index in [1.165, 1.54) is 0 Å². The van der Waals surface area contributed by atoms with Crippen LogP contribution in [0.5, 0.6) is 0 Å². The highest BCUT2D eigenvalue weighted by molar-refractivity contribution is 9.12. The van der Waals surface area contributed by atoms with E-state index >= 15 is 0 Å². The van der Waals surface area contributed by atoms with Crippen molar-refractivity contribution in [2.24, 2.45) is 0 Å². The van der Waals surface area contributed by atoms with Gasteiger partial charge in [-0.2, -0.15) is 0 Å². The molecular formula is C7H3Br3N2OS. The van der Waals surface area contributed by atoms with Crippen LogP contribution in [-0.2, 0) is 0 Å². The number of nitrogen functional groups attached to an aromatic ring is 1. The van der Waals surface area contributed by atoms with Crippen LogP contribution in [0.1, 0.15) is 0 Å². The van der Waals surface area contributed by atoms with E-state index in [9.17, 15) is 0 Å². The van der Waals surface area contributed by atoms with Gasteiger partial charge in [-0.3, -0.25) is 0 Å². The van der Waals surface area contributed by atoms with Crippen LogP contribution < -0.4 is 5.73 Å². The van der Waals surface area contributed by atoms with Crippen LogP contribution in [0.25, 0.3) is 11.3 Å². The maximum absolute atomic E-state index is 5.56. The number of hydrogen-bond acceptors (Lipinski definition) is 4.